The number of benzene rings is 1. The maximum Gasteiger partial charge on any atom is 0.317 e. The number of rotatable bonds is 8. The lowest BCUT2D eigenvalue weighted by molar-refractivity contribution is -0.119. The van der Waals surface area contributed by atoms with E-state index in [2.05, 4.69) is 14.7 Å². The lowest BCUT2D eigenvalue weighted by Gasteiger charge is -2.28. The van der Waals surface area contributed by atoms with E-state index in [9.17, 15) is 13.2 Å². The fourth-order valence-electron chi connectivity index (χ4n) is 3.35. The van der Waals surface area contributed by atoms with Gasteiger partial charge in [0, 0.05) is 17.4 Å². The summed E-state index contributed by atoms with van der Waals surface area (Å²) in [6.07, 6.45) is 2.71. The molecular formula is C20H26N4O5S. The van der Waals surface area contributed by atoms with E-state index in [4.69, 9.17) is 15.2 Å². The number of hydrogen-bond acceptors (Lipinski definition) is 7. The number of primary amides is 1. The molecule has 3 N–H and O–H groups in total. The average Bonchev–Trinajstić information content (AvgIpc) is 2.67. The minimum Gasteiger partial charge on any atom is -0.484 e. The van der Waals surface area contributed by atoms with E-state index in [-0.39, 0.29) is 23.6 Å². The number of nitrogens with one attached hydrogen (secondary N) is 1. The third kappa shape index (κ3) is 6.14. The van der Waals surface area contributed by atoms with Crippen molar-refractivity contribution in [3.63, 3.8) is 0 Å². The Kier molecular flexibility index (Phi) is 6.88. The van der Waals surface area contributed by atoms with Crippen LogP contribution in [-0.4, -0.2) is 43.0 Å². The van der Waals surface area contributed by atoms with Crippen molar-refractivity contribution in [2.75, 3.05) is 6.61 Å². The summed E-state index contributed by atoms with van der Waals surface area (Å²) in [4.78, 5) is 19.5. The van der Waals surface area contributed by atoms with Gasteiger partial charge in [-0.15, -0.1) is 0 Å². The molecule has 1 aliphatic carbocycles. The van der Waals surface area contributed by atoms with Gasteiger partial charge < -0.3 is 15.2 Å². The van der Waals surface area contributed by atoms with Gasteiger partial charge in [-0.2, -0.15) is 0 Å². The lowest BCUT2D eigenvalue weighted by Crippen LogP contribution is -2.39. The summed E-state index contributed by atoms with van der Waals surface area (Å²) in [6, 6.07) is 7.94. The van der Waals surface area contributed by atoms with Crippen molar-refractivity contribution in [1.82, 2.24) is 14.7 Å². The van der Waals surface area contributed by atoms with Crippen LogP contribution in [0.2, 0.25) is 0 Å². The van der Waals surface area contributed by atoms with Gasteiger partial charge in [-0.1, -0.05) is 0 Å². The molecule has 162 valence electrons. The Morgan fingerprint density at radius 3 is 2.27 bits per heavy atom. The maximum absolute atomic E-state index is 12.6. The van der Waals surface area contributed by atoms with Crippen molar-refractivity contribution >= 4 is 15.9 Å². The monoisotopic (exact) mass is 434 g/mol. The minimum absolute atomic E-state index is 0.0337. The first-order chi connectivity index (χ1) is 14.2. The van der Waals surface area contributed by atoms with Gasteiger partial charge in [0.25, 0.3) is 5.91 Å². The Morgan fingerprint density at radius 2 is 1.70 bits per heavy atom. The summed E-state index contributed by atoms with van der Waals surface area (Å²) in [5, 5.41) is 0. The van der Waals surface area contributed by atoms with Crippen LogP contribution in [-0.2, 0) is 14.8 Å². The van der Waals surface area contributed by atoms with E-state index in [1.807, 2.05) is 19.9 Å². The topological polar surface area (TPSA) is 134 Å². The number of hydrogen-bond donors (Lipinski definition) is 2. The Morgan fingerprint density at radius 1 is 1.10 bits per heavy atom. The summed E-state index contributed by atoms with van der Waals surface area (Å²) in [7, 11) is -3.66. The van der Waals surface area contributed by atoms with Crippen LogP contribution in [0.5, 0.6) is 11.8 Å². The molecule has 1 fully saturated rings. The Bertz CT molecular complexity index is 967. The van der Waals surface area contributed by atoms with Crippen molar-refractivity contribution in [1.29, 1.82) is 0 Å². The summed E-state index contributed by atoms with van der Waals surface area (Å²) < 4.78 is 39.1. The number of nitrogens with two attached hydrogens (primary N) is 1. The second-order valence-electron chi connectivity index (χ2n) is 7.37. The van der Waals surface area contributed by atoms with E-state index >= 15 is 0 Å². The molecule has 1 aliphatic rings. The van der Waals surface area contributed by atoms with Crippen molar-refractivity contribution in [2.45, 2.75) is 56.6 Å². The van der Waals surface area contributed by atoms with E-state index in [1.165, 1.54) is 24.3 Å². The first-order valence-electron chi connectivity index (χ1n) is 9.74. The molecule has 2 aromatic rings. The van der Waals surface area contributed by atoms with Crippen LogP contribution >= 0.6 is 0 Å². The van der Waals surface area contributed by atoms with Crippen LogP contribution in [0.3, 0.4) is 0 Å². The SMILES string of the molecule is Cc1cc(C)nc(OC2CCC(NS(=O)(=O)c3ccc(OCC(N)=O)cc3)CC2)n1. The third-order valence-electron chi connectivity index (χ3n) is 4.74. The van der Waals surface area contributed by atoms with Gasteiger partial charge in [-0.05, 0) is 69.9 Å². The molecule has 0 atom stereocenters. The van der Waals surface area contributed by atoms with Gasteiger partial charge in [0.05, 0.1) is 4.90 Å². The smallest absolute Gasteiger partial charge is 0.317 e. The predicted molar refractivity (Wildman–Crippen MR) is 110 cm³/mol. The highest BCUT2D eigenvalue weighted by molar-refractivity contribution is 7.89. The van der Waals surface area contributed by atoms with Gasteiger partial charge in [-0.25, -0.2) is 23.1 Å². The molecular weight excluding hydrogens is 408 g/mol. The normalized spacial score (nSPS) is 19.3. The number of carbonyl (C=O) groups is 1. The molecule has 3 rings (SSSR count). The van der Waals surface area contributed by atoms with E-state index in [1.54, 1.807) is 0 Å². The molecule has 0 unspecified atom stereocenters. The van der Waals surface area contributed by atoms with Crippen LogP contribution < -0.4 is 19.9 Å². The summed E-state index contributed by atoms with van der Waals surface area (Å²) in [6.45, 7) is 3.52. The molecule has 30 heavy (non-hydrogen) atoms. The molecule has 10 heteroatoms. The van der Waals surface area contributed by atoms with E-state index < -0.39 is 15.9 Å². The highest BCUT2D eigenvalue weighted by Crippen LogP contribution is 2.24. The largest absolute Gasteiger partial charge is 0.484 e. The maximum atomic E-state index is 12.6. The predicted octanol–water partition coefficient (Wildman–Crippen LogP) is 1.63. The Balaban J connectivity index is 1.52. The number of aromatic nitrogens is 2. The lowest BCUT2D eigenvalue weighted by atomic mass is 9.94. The molecule has 0 saturated heterocycles. The minimum atomic E-state index is -3.66. The van der Waals surface area contributed by atoms with Crippen molar-refractivity contribution < 1.29 is 22.7 Å². The first-order valence-corrected chi connectivity index (χ1v) is 11.2. The molecule has 1 heterocycles. The van der Waals surface area contributed by atoms with Crippen LogP contribution in [0.15, 0.2) is 35.2 Å². The van der Waals surface area contributed by atoms with Gasteiger partial charge in [0.1, 0.15) is 11.9 Å². The standard InChI is InChI=1S/C20H26N4O5S/c1-13-11-14(2)23-20(22-13)29-17-5-3-15(4-6-17)24-30(26,27)18-9-7-16(8-10-18)28-12-19(21)25/h7-11,15,17,24H,3-6,12H2,1-2H3,(H2,21,25). The van der Waals surface area contributed by atoms with Crippen molar-refractivity contribution in [2.24, 2.45) is 5.73 Å². The van der Waals surface area contributed by atoms with Crippen molar-refractivity contribution in [3.8, 4) is 11.8 Å². The zero-order valence-electron chi connectivity index (χ0n) is 17.0. The van der Waals surface area contributed by atoms with Crippen LogP contribution in [0.4, 0.5) is 0 Å². The second-order valence-corrected chi connectivity index (χ2v) is 9.09. The van der Waals surface area contributed by atoms with E-state index in [0.717, 1.165) is 11.4 Å². The molecule has 1 amide bonds. The van der Waals surface area contributed by atoms with Gasteiger partial charge in [0.2, 0.25) is 10.0 Å². The number of ether oxygens (including phenoxy) is 2. The quantitative estimate of drug-likeness (QED) is 0.645. The van der Waals surface area contributed by atoms with Gasteiger partial charge >= 0.3 is 6.01 Å². The third-order valence-corrected chi connectivity index (χ3v) is 6.28. The fourth-order valence-corrected chi connectivity index (χ4v) is 4.66. The molecule has 1 aromatic heterocycles. The first kappa shape index (κ1) is 22.0. The average molecular weight is 435 g/mol. The summed E-state index contributed by atoms with van der Waals surface area (Å²) in [5.41, 5.74) is 6.73. The van der Waals surface area contributed by atoms with Gasteiger partial charge in [-0.3, -0.25) is 4.79 Å². The van der Waals surface area contributed by atoms with Crippen molar-refractivity contribution in [3.05, 3.63) is 41.7 Å². The van der Waals surface area contributed by atoms with Crippen LogP contribution in [0.1, 0.15) is 37.1 Å². The highest BCUT2D eigenvalue weighted by atomic mass is 32.2. The highest BCUT2D eigenvalue weighted by Gasteiger charge is 2.27. The number of sulfonamides is 1. The fraction of sp³-hybridized carbons (Fsp3) is 0.450. The zero-order chi connectivity index (χ0) is 21.7. The molecule has 0 bridgehead atoms. The Hall–Kier alpha value is -2.72. The molecule has 9 nitrogen and oxygen atoms in total. The van der Waals surface area contributed by atoms with Crippen LogP contribution in [0, 0.1) is 13.8 Å². The molecule has 0 spiro atoms. The van der Waals surface area contributed by atoms with Gasteiger partial charge in [0.15, 0.2) is 6.61 Å². The Labute approximate surface area is 176 Å². The van der Waals surface area contributed by atoms with Crippen LogP contribution in [0.25, 0.3) is 0 Å². The molecule has 1 saturated carbocycles. The number of carbonyl (C=O) groups excluding carboxylic acids is 1. The molecule has 1 aromatic carbocycles. The zero-order valence-corrected chi connectivity index (χ0v) is 17.8. The molecule has 0 aliphatic heterocycles. The number of amides is 1. The number of aryl methyl sites for hydroxylation is 2. The number of nitrogens with zero attached hydrogens (tertiary/aromatic N) is 2. The molecule has 0 radical (unpaired) electrons. The summed E-state index contributed by atoms with van der Waals surface area (Å²) >= 11 is 0. The van der Waals surface area contributed by atoms with E-state index in [0.29, 0.717) is 37.4 Å². The second kappa shape index (κ2) is 9.40. The summed E-state index contributed by atoms with van der Waals surface area (Å²) in [5.74, 6) is -0.226.